The predicted octanol–water partition coefficient (Wildman–Crippen LogP) is 3.03. The molecule has 0 saturated heterocycles. The molecule has 34 heavy (non-hydrogen) atoms. The largest absolute Gasteiger partial charge is 0.480 e. The van der Waals surface area contributed by atoms with Gasteiger partial charge >= 0.3 is 11.7 Å². The number of halogens is 4. The lowest BCUT2D eigenvalue weighted by atomic mass is 10.1. The molecule has 176 valence electrons. The number of aromatic amines is 1. The molecule has 0 aliphatic heterocycles. The number of H-pyrrole nitrogens is 1. The SMILES string of the molecule is O=C(N[C@@H](Cc1cnc(=O)[nH]c1NC(=O)c1c(Cl)cccc1Cl)C(=O)O)c1c(F)cccc1F. The molecule has 2 amide bonds. The monoisotopic (exact) mass is 510 g/mol. The molecule has 0 fully saturated rings. The van der Waals surface area contributed by atoms with Gasteiger partial charge in [0.15, 0.2) is 0 Å². The molecule has 0 unspecified atom stereocenters. The summed E-state index contributed by atoms with van der Waals surface area (Å²) in [6, 6.07) is 5.36. The Hall–Kier alpha value is -3.83. The first-order chi connectivity index (χ1) is 16.1. The zero-order valence-corrected chi connectivity index (χ0v) is 18.4. The number of carbonyl (C=O) groups excluding carboxylic acids is 2. The van der Waals surface area contributed by atoms with Crippen LogP contribution in [0.25, 0.3) is 0 Å². The molecule has 9 nitrogen and oxygen atoms in total. The van der Waals surface area contributed by atoms with Crippen LogP contribution in [-0.4, -0.2) is 38.9 Å². The Kier molecular flexibility index (Phi) is 7.59. The van der Waals surface area contributed by atoms with Crippen LogP contribution >= 0.6 is 23.2 Å². The summed E-state index contributed by atoms with van der Waals surface area (Å²) < 4.78 is 27.8. The average molecular weight is 511 g/mol. The van der Waals surface area contributed by atoms with Crippen LogP contribution in [0.15, 0.2) is 47.4 Å². The standard InChI is InChI=1S/C21H14Cl2F2N4O5/c22-10-3-1-4-11(23)15(10)18(30)28-17-9(8-26-21(34)29-17)7-14(20(32)33)27-19(31)16-12(24)5-2-6-13(16)25/h1-6,8,14H,7H2,(H,27,31)(H,32,33)(H2,26,28,29,30,34)/t14-/m0/s1. The van der Waals surface area contributed by atoms with E-state index >= 15 is 0 Å². The molecule has 0 aliphatic rings. The summed E-state index contributed by atoms with van der Waals surface area (Å²) in [4.78, 5) is 54.2. The molecule has 4 N–H and O–H groups in total. The van der Waals surface area contributed by atoms with Crippen LogP contribution in [0, 0.1) is 11.6 Å². The summed E-state index contributed by atoms with van der Waals surface area (Å²) in [5.41, 5.74) is -1.95. The van der Waals surface area contributed by atoms with Crippen LogP contribution in [0.3, 0.4) is 0 Å². The van der Waals surface area contributed by atoms with Crippen LogP contribution in [0.1, 0.15) is 26.3 Å². The minimum absolute atomic E-state index is 0.0159. The third kappa shape index (κ3) is 5.56. The van der Waals surface area contributed by atoms with Gasteiger partial charge in [-0.2, -0.15) is 0 Å². The number of amides is 2. The van der Waals surface area contributed by atoms with Crippen molar-refractivity contribution in [2.45, 2.75) is 12.5 Å². The van der Waals surface area contributed by atoms with Gasteiger partial charge in [0.25, 0.3) is 11.8 Å². The minimum Gasteiger partial charge on any atom is -0.480 e. The van der Waals surface area contributed by atoms with Crippen molar-refractivity contribution in [2.75, 3.05) is 5.32 Å². The number of hydrogen-bond donors (Lipinski definition) is 4. The van der Waals surface area contributed by atoms with E-state index in [1.54, 1.807) is 0 Å². The van der Waals surface area contributed by atoms with Gasteiger partial charge in [-0.15, -0.1) is 0 Å². The maximum absolute atomic E-state index is 13.9. The van der Waals surface area contributed by atoms with Crippen molar-refractivity contribution in [3.05, 3.63) is 91.4 Å². The third-order valence-electron chi connectivity index (χ3n) is 4.54. The fourth-order valence-corrected chi connectivity index (χ4v) is 3.51. The summed E-state index contributed by atoms with van der Waals surface area (Å²) >= 11 is 12.0. The van der Waals surface area contributed by atoms with Crippen LogP contribution in [-0.2, 0) is 11.2 Å². The predicted molar refractivity (Wildman–Crippen MR) is 118 cm³/mol. The molecule has 3 aromatic rings. The Bertz CT molecular complexity index is 1310. The molecule has 0 saturated carbocycles. The first kappa shape index (κ1) is 24.8. The van der Waals surface area contributed by atoms with Crippen molar-refractivity contribution in [3.63, 3.8) is 0 Å². The molecule has 0 aliphatic carbocycles. The quantitative estimate of drug-likeness (QED) is 0.385. The molecule has 2 aromatic carbocycles. The summed E-state index contributed by atoms with van der Waals surface area (Å²) in [5, 5.41) is 14.0. The topological polar surface area (TPSA) is 141 Å². The van der Waals surface area contributed by atoms with Gasteiger partial charge < -0.3 is 15.7 Å². The van der Waals surface area contributed by atoms with Crippen molar-refractivity contribution < 1.29 is 28.3 Å². The van der Waals surface area contributed by atoms with Crippen LogP contribution < -0.4 is 16.3 Å². The minimum atomic E-state index is -1.71. The Morgan fingerprint density at radius 3 is 2.18 bits per heavy atom. The first-order valence-electron chi connectivity index (χ1n) is 9.39. The summed E-state index contributed by atoms with van der Waals surface area (Å²) in [5.74, 6) is -6.29. The van der Waals surface area contributed by atoms with E-state index in [1.807, 2.05) is 5.32 Å². The van der Waals surface area contributed by atoms with Crippen molar-refractivity contribution >= 4 is 46.8 Å². The number of nitrogens with zero attached hydrogens (tertiary/aromatic N) is 1. The maximum atomic E-state index is 13.9. The van der Waals surface area contributed by atoms with Gasteiger partial charge in [-0.25, -0.2) is 23.4 Å². The number of benzene rings is 2. The third-order valence-corrected chi connectivity index (χ3v) is 5.17. The number of carboxylic acids is 1. The van der Waals surface area contributed by atoms with Crippen molar-refractivity contribution in [1.82, 2.24) is 15.3 Å². The van der Waals surface area contributed by atoms with Gasteiger partial charge in [0, 0.05) is 18.2 Å². The molecule has 0 spiro atoms. The van der Waals surface area contributed by atoms with Crippen molar-refractivity contribution in [3.8, 4) is 0 Å². The highest BCUT2D eigenvalue weighted by Gasteiger charge is 2.26. The Balaban J connectivity index is 1.89. The number of aliphatic carboxylic acids is 1. The van der Waals surface area contributed by atoms with E-state index in [4.69, 9.17) is 23.2 Å². The van der Waals surface area contributed by atoms with Crippen LogP contribution in [0.4, 0.5) is 14.6 Å². The van der Waals surface area contributed by atoms with E-state index in [9.17, 15) is 33.1 Å². The fourth-order valence-electron chi connectivity index (χ4n) is 2.94. The molecule has 3 rings (SSSR count). The van der Waals surface area contributed by atoms with E-state index < -0.39 is 53.1 Å². The average Bonchev–Trinajstić information content (AvgIpc) is 2.74. The second kappa shape index (κ2) is 10.4. The van der Waals surface area contributed by atoms with Gasteiger partial charge in [0.2, 0.25) is 0 Å². The van der Waals surface area contributed by atoms with E-state index in [1.165, 1.54) is 18.2 Å². The highest BCUT2D eigenvalue weighted by Crippen LogP contribution is 2.25. The van der Waals surface area contributed by atoms with Gasteiger partial charge in [0.05, 0.1) is 15.6 Å². The zero-order valence-electron chi connectivity index (χ0n) is 16.9. The molecule has 1 heterocycles. The molecular formula is C21H14Cl2F2N4O5. The Labute approximate surface area is 199 Å². The smallest absolute Gasteiger partial charge is 0.346 e. The van der Waals surface area contributed by atoms with E-state index in [0.29, 0.717) is 0 Å². The lowest BCUT2D eigenvalue weighted by Gasteiger charge is -2.17. The summed E-state index contributed by atoms with van der Waals surface area (Å²) in [6.07, 6.45) is 0.460. The van der Waals surface area contributed by atoms with Gasteiger partial charge in [0.1, 0.15) is 29.1 Å². The van der Waals surface area contributed by atoms with Gasteiger partial charge in [-0.3, -0.25) is 14.6 Å². The number of nitrogens with one attached hydrogen (secondary N) is 3. The molecule has 0 bridgehead atoms. The second-order valence-corrected chi connectivity index (χ2v) is 7.62. The number of rotatable bonds is 7. The number of carboxylic acid groups (broad SMARTS) is 1. The number of aromatic nitrogens is 2. The summed E-state index contributed by atoms with van der Waals surface area (Å²) in [7, 11) is 0. The lowest BCUT2D eigenvalue weighted by molar-refractivity contribution is -0.139. The molecule has 13 heteroatoms. The second-order valence-electron chi connectivity index (χ2n) is 6.80. The highest BCUT2D eigenvalue weighted by molar-refractivity contribution is 6.40. The van der Waals surface area contributed by atoms with Crippen LogP contribution in [0.2, 0.25) is 10.0 Å². The Morgan fingerprint density at radius 1 is 1.00 bits per heavy atom. The molecule has 0 radical (unpaired) electrons. The number of carbonyl (C=O) groups is 3. The van der Waals surface area contributed by atoms with Crippen molar-refractivity contribution in [2.24, 2.45) is 0 Å². The van der Waals surface area contributed by atoms with E-state index in [0.717, 1.165) is 24.4 Å². The van der Waals surface area contributed by atoms with Gasteiger partial charge in [-0.1, -0.05) is 35.3 Å². The maximum Gasteiger partial charge on any atom is 0.346 e. The highest BCUT2D eigenvalue weighted by atomic mass is 35.5. The zero-order chi connectivity index (χ0) is 25.0. The van der Waals surface area contributed by atoms with E-state index in [2.05, 4.69) is 15.3 Å². The lowest BCUT2D eigenvalue weighted by Crippen LogP contribution is -2.43. The number of hydrogen-bond acceptors (Lipinski definition) is 5. The molecule has 1 atom stereocenters. The van der Waals surface area contributed by atoms with E-state index in [-0.39, 0.29) is 27.0 Å². The molecular weight excluding hydrogens is 497 g/mol. The first-order valence-corrected chi connectivity index (χ1v) is 10.1. The van der Waals surface area contributed by atoms with Gasteiger partial charge in [-0.05, 0) is 24.3 Å². The molecule has 1 aromatic heterocycles. The Morgan fingerprint density at radius 2 is 1.59 bits per heavy atom. The van der Waals surface area contributed by atoms with Crippen LogP contribution in [0.5, 0.6) is 0 Å². The summed E-state index contributed by atoms with van der Waals surface area (Å²) in [6.45, 7) is 0. The van der Waals surface area contributed by atoms with Crippen molar-refractivity contribution in [1.29, 1.82) is 0 Å². The number of anilines is 1. The normalized spacial score (nSPS) is 11.5. The fraction of sp³-hybridized carbons (Fsp3) is 0.0952.